The Labute approximate surface area is 90.4 Å². The van der Waals surface area contributed by atoms with E-state index in [0.29, 0.717) is 6.42 Å². The Bertz CT molecular complexity index is 195. The lowest BCUT2D eigenvalue weighted by atomic mass is 10.00. The van der Waals surface area contributed by atoms with Gasteiger partial charge in [-0.2, -0.15) is 11.8 Å². The van der Waals surface area contributed by atoms with Gasteiger partial charge >= 0.3 is 0 Å². The van der Waals surface area contributed by atoms with Gasteiger partial charge in [-0.05, 0) is 20.3 Å². The van der Waals surface area contributed by atoms with Crippen LogP contribution < -0.4 is 5.73 Å². The summed E-state index contributed by atoms with van der Waals surface area (Å²) in [6.45, 7) is 5.75. The average molecular weight is 216 g/mol. The molecule has 0 aromatic heterocycles. The van der Waals surface area contributed by atoms with E-state index in [2.05, 4.69) is 0 Å². The van der Waals surface area contributed by atoms with Crippen molar-refractivity contribution >= 4 is 17.7 Å². The zero-order valence-corrected chi connectivity index (χ0v) is 9.90. The minimum Gasteiger partial charge on any atom is -0.341 e. The van der Waals surface area contributed by atoms with E-state index in [4.69, 9.17) is 5.73 Å². The SMILES string of the molecule is CC(C)(N)CCC(=O)N1CCSCC1. The van der Waals surface area contributed by atoms with Crippen LogP contribution in [0.1, 0.15) is 26.7 Å². The lowest BCUT2D eigenvalue weighted by Gasteiger charge is -2.27. The smallest absolute Gasteiger partial charge is 0.222 e. The fourth-order valence-corrected chi connectivity index (χ4v) is 2.30. The molecule has 0 aromatic rings. The van der Waals surface area contributed by atoms with Gasteiger partial charge in [-0.25, -0.2) is 0 Å². The Morgan fingerprint density at radius 1 is 1.43 bits per heavy atom. The zero-order valence-electron chi connectivity index (χ0n) is 9.08. The Morgan fingerprint density at radius 2 is 2.00 bits per heavy atom. The third-order valence-electron chi connectivity index (χ3n) is 2.35. The molecule has 1 saturated heterocycles. The number of thioether (sulfide) groups is 1. The second-order valence-corrected chi connectivity index (χ2v) is 5.71. The van der Waals surface area contributed by atoms with Crippen LogP contribution in [0.15, 0.2) is 0 Å². The largest absolute Gasteiger partial charge is 0.341 e. The average Bonchev–Trinajstić information content (AvgIpc) is 2.14. The van der Waals surface area contributed by atoms with Gasteiger partial charge < -0.3 is 10.6 Å². The zero-order chi connectivity index (χ0) is 10.6. The molecule has 0 radical (unpaired) electrons. The van der Waals surface area contributed by atoms with Crippen LogP contribution in [0.4, 0.5) is 0 Å². The molecule has 1 fully saturated rings. The summed E-state index contributed by atoms with van der Waals surface area (Å²) in [5.41, 5.74) is 5.62. The summed E-state index contributed by atoms with van der Waals surface area (Å²) in [5.74, 6) is 2.43. The normalized spacial score (nSPS) is 18.4. The van der Waals surface area contributed by atoms with Gasteiger partial charge in [0.05, 0.1) is 0 Å². The first kappa shape index (κ1) is 11.9. The molecule has 0 atom stereocenters. The summed E-state index contributed by atoms with van der Waals surface area (Å²) in [6.07, 6.45) is 1.36. The van der Waals surface area contributed by atoms with Crippen LogP contribution in [-0.4, -0.2) is 40.9 Å². The van der Waals surface area contributed by atoms with Crippen molar-refractivity contribution in [2.45, 2.75) is 32.2 Å². The van der Waals surface area contributed by atoms with E-state index in [9.17, 15) is 4.79 Å². The maximum atomic E-state index is 11.7. The van der Waals surface area contributed by atoms with Crippen LogP contribution in [-0.2, 0) is 4.79 Å². The topological polar surface area (TPSA) is 46.3 Å². The van der Waals surface area contributed by atoms with Crippen molar-refractivity contribution in [1.29, 1.82) is 0 Å². The number of hydrogen-bond acceptors (Lipinski definition) is 3. The van der Waals surface area contributed by atoms with Crippen molar-refractivity contribution in [3.8, 4) is 0 Å². The summed E-state index contributed by atoms with van der Waals surface area (Å²) in [6, 6.07) is 0. The summed E-state index contributed by atoms with van der Waals surface area (Å²) in [7, 11) is 0. The van der Waals surface area contributed by atoms with Crippen LogP contribution in [0.5, 0.6) is 0 Å². The molecule has 1 aliphatic heterocycles. The van der Waals surface area contributed by atoms with E-state index in [0.717, 1.165) is 31.0 Å². The third kappa shape index (κ3) is 4.33. The Kier molecular flexibility index (Phi) is 4.26. The van der Waals surface area contributed by atoms with E-state index in [1.807, 2.05) is 30.5 Å². The maximum absolute atomic E-state index is 11.7. The summed E-state index contributed by atoms with van der Waals surface area (Å²) in [4.78, 5) is 13.7. The van der Waals surface area contributed by atoms with Crippen molar-refractivity contribution in [2.75, 3.05) is 24.6 Å². The van der Waals surface area contributed by atoms with E-state index >= 15 is 0 Å². The second kappa shape index (κ2) is 5.03. The lowest BCUT2D eigenvalue weighted by molar-refractivity contribution is -0.131. The molecule has 1 rings (SSSR count). The van der Waals surface area contributed by atoms with Crippen molar-refractivity contribution in [3.63, 3.8) is 0 Å². The van der Waals surface area contributed by atoms with Crippen LogP contribution in [0, 0.1) is 0 Å². The number of hydrogen-bond donors (Lipinski definition) is 1. The molecule has 0 spiro atoms. The van der Waals surface area contributed by atoms with Gasteiger partial charge in [0.1, 0.15) is 0 Å². The van der Waals surface area contributed by atoms with E-state index in [-0.39, 0.29) is 11.4 Å². The lowest BCUT2D eigenvalue weighted by Crippen LogP contribution is -2.40. The minimum absolute atomic E-state index is 0.222. The van der Waals surface area contributed by atoms with Crippen molar-refractivity contribution < 1.29 is 4.79 Å². The highest BCUT2D eigenvalue weighted by Crippen LogP contribution is 2.13. The fraction of sp³-hybridized carbons (Fsp3) is 0.900. The Morgan fingerprint density at radius 3 is 2.50 bits per heavy atom. The standard InChI is InChI=1S/C10H20N2OS/c1-10(2,11)4-3-9(13)12-5-7-14-8-6-12/h3-8,11H2,1-2H3. The van der Waals surface area contributed by atoms with Crippen molar-refractivity contribution in [3.05, 3.63) is 0 Å². The number of amides is 1. The molecule has 82 valence electrons. The Hall–Kier alpha value is -0.220. The first-order valence-electron chi connectivity index (χ1n) is 5.13. The van der Waals surface area contributed by atoms with Gasteiger partial charge in [-0.1, -0.05) is 0 Å². The molecule has 0 bridgehead atoms. The van der Waals surface area contributed by atoms with Crippen LogP contribution in [0.3, 0.4) is 0 Å². The predicted octanol–water partition coefficient (Wildman–Crippen LogP) is 1.08. The van der Waals surface area contributed by atoms with Gasteiger partial charge in [0.2, 0.25) is 5.91 Å². The molecule has 3 nitrogen and oxygen atoms in total. The summed E-state index contributed by atoms with van der Waals surface area (Å²) >= 11 is 1.92. The van der Waals surface area contributed by atoms with Crippen LogP contribution in [0.2, 0.25) is 0 Å². The molecule has 1 heterocycles. The molecule has 0 saturated carbocycles. The molecule has 0 aromatic carbocycles. The van der Waals surface area contributed by atoms with Crippen LogP contribution >= 0.6 is 11.8 Å². The molecule has 1 amide bonds. The highest BCUT2D eigenvalue weighted by Gasteiger charge is 2.19. The molecular weight excluding hydrogens is 196 g/mol. The monoisotopic (exact) mass is 216 g/mol. The highest BCUT2D eigenvalue weighted by molar-refractivity contribution is 7.99. The van der Waals surface area contributed by atoms with Crippen molar-refractivity contribution in [1.82, 2.24) is 4.90 Å². The molecule has 1 aliphatic rings. The third-order valence-corrected chi connectivity index (χ3v) is 3.29. The van der Waals surface area contributed by atoms with Gasteiger partial charge in [0.15, 0.2) is 0 Å². The number of rotatable bonds is 3. The number of carbonyl (C=O) groups is 1. The van der Waals surface area contributed by atoms with E-state index in [1.54, 1.807) is 0 Å². The Balaban J connectivity index is 2.27. The number of nitrogens with two attached hydrogens (primary N) is 1. The molecule has 14 heavy (non-hydrogen) atoms. The first-order valence-corrected chi connectivity index (χ1v) is 6.29. The molecule has 0 aliphatic carbocycles. The van der Waals surface area contributed by atoms with Crippen LogP contribution in [0.25, 0.3) is 0 Å². The predicted molar refractivity (Wildman–Crippen MR) is 61.4 cm³/mol. The van der Waals surface area contributed by atoms with E-state index in [1.165, 1.54) is 0 Å². The highest BCUT2D eigenvalue weighted by atomic mass is 32.2. The quantitative estimate of drug-likeness (QED) is 0.768. The van der Waals surface area contributed by atoms with Gasteiger partial charge in [0, 0.05) is 36.6 Å². The van der Waals surface area contributed by atoms with E-state index < -0.39 is 0 Å². The van der Waals surface area contributed by atoms with Gasteiger partial charge in [0.25, 0.3) is 0 Å². The maximum Gasteiger partial charge on any atom is 0.222 e. The van der Waals surface area contributed by atoms with Gasteiger partial charge in [-0.15, -0.1) is 0 Å². The number of carbonyl (C=O) groups excluding carboxylic acids is 1. The first-order chi connectivity index (χ1) is 6.49. The van der Waals surface area contributed by atoms with Gasteiger partial charge in [-0.3, -0.25) is 4.79 Å². The second-order valence-electron chi connectivity index (χ2n) is 4.48. The number of nitrogens with zero attached hydrogens (tertiary/aromatic N) is 1. The molecule has 4 heteroatoms. The minimum atomic E-state index is -0.222. The fourth-order valence-electron chi connectivity index (χ4n) is 1.40. The van der Waals surface area contributed by atoms with Crippen molar-refractivity contribution in [2.24, 2.45) is 5.73 Å². The molecule has 0 unspecified atom stereocenters. The summed E-state index contributed by atoms with van der Waals surface area (Å²) in [5, 5.41) is 0. The molecular formula is C10H20N2OS. The molecule has 2 N–H and O–H groups in total. The summed E-state index contributed by atoms with van der Waals surface area (Å²) < 4.78 is 0.